The maximum Gasteiger partial charge on any atom is 0.252 e. The molecule has 0 aliphatic carbocycles. The van der Waals surface area contributed by atoms with Gasteiger partial charge < -0.3 is 14.8 Å². The lowest BCUT2D eigenvalue weighted by molar-refractivity contribution is -0.141. The van der Waals surface area contributed by atoms with Gasteiger partial charge in [0.15, 0.2) is 0 Å². The lowest BCUT2D eigenvalue weighted by atomic mass is 9.95. The van der Waals surface area contributed by atoms with Gasteiger partial charge in [-0.15, -0.1) is 0 Å². The SMILES string of the molecule is Cc1ccc(C(C)NC(=O)C2(O)CCSCC2)o1. The predicted molar refractivity (Wildman–Crippen MR) is 71.5 cm³/mol. The first-order valence-corrected chi connectivity index (χ1v) is 7.34. The number of rotatable bonds is 3. The Kier molecular flexibility index (Phi) is 4.02. The molecule has 0 bridgehead atoms. The van der Waals surface area contributed by atoms with Gasteiger partial charge in [0.25, 0.3) is 5.91 Å². The number of aryl methyl sites for hydroxylation is 1. The third kappa shape index (κ3) is 2.90. The molecule has 100 valence electrons. The number of furan rings is 1. The summed E-state index contributed by atoms with van der Waals surface area (Å²) in [6.07, 6.45) is 1.04. The minimum Gasteiger partial charge on any atom is -0.464 e. The molecule has 4 nitrogen and oxygen atoms in total. The Bertz CT molecular complexity index is 424. The zero-order valence-electron chi connectivity index (χ0n) is 10.7. The van der Waals surface area contributed by atoms with Gasteiger partial charge in [0.2, 0.25) is 0 Å². The Morgan fingerprint density at radius 3 is 2.72 bits per heavy atom. The van der Waals surface area contributed by atoms with E-state index in [1.807, 2.05) is 26.0 Å². The van der Waals surface area contributed by atoms with E-state index in [1.165, 1.54) is 0 Å². The summed E-state index contributed by atoms with van der Waals surface area (Å²) < 4.78 is 5.47. The number of hydrogen-bond acceptors (Lipinski definition) is 4. The fourth-order valence-electron chi connectivity index (χ4n) is 2.02. The smallest absolute Gasteiger partial charge is 0.252 e. The Morgan fingerprint density at radius 2 is 2.17 bits per heavy atom. The lowest BCUT2D eigenvalue weighted by Gasteiger charge is -2.31. The molecular formula is C13H19NO3S. The van der Waals surface area contributed by atoms with Crippen LogP contribution in [0.25, 0.3) is 0 Å². The van der Waals surface area contributed by atoms with Crippen molar-refractivity contribution in [3.63, 3.8) is 0 Å². The number of carbonyl (C=O) groups excluding carboxylic acids is 1. The Balaban J connectivity index is 1.98. The molecule has 1 fully saturated rings. The van der Waals surface area contributed by atoms with E-state index in [2.05, 4.69) is 5.32 Å². The van der Waals surface area contributed by atoms with Crippen molar-refractivity contribution in [1.29, 1.82) is 0 Å². The average molecular weight is 269 g/mol. The number of amides is 1. The zero-order chi connectivity index (χ0) is 13.2. The van der Waals surface area contributed by atoms with Gasteiger partial charge in [-0.2, -0.15) is 11.8 Å². The molecule has 5 heteroatoms. The minimum absolute atomic E-state index is 0.218. The molecule has 18 heavy (non-hydrogen) atoms. The normalized spacial score (nSPS) is 20.4. The first kappa shape index (κ1) is 13.5. The van der Waals surface area contributed by atoms with Gasteiger partial charge in [-0.25, -0.2) is 0 Å². The average Bonchev–Trinajstić information content (AvgIpc) is 2.77. The first-order chi connectivity index (χ1) is 8.51. The topological polar surface area (TPSA) is 62.5 Å². The molecule has 0 spiro atoms. The summed E-state index contributed by atoms with van der Waals surface area (Å²) in [5.74, 6) is 2.91. The summed E-state index contributed by atoms with van der Waals surface area (Å²) in [7, 11) is 0. The van der Waals surface area contributed by atoms with Crippen LogP contribution in [0.15, 0.2) is 16.5 Å². The number of aliphatic hydroxyl groups is 1. The maximum absolute atomic E-state index is 12.1. The highest BCUT2D eigenvalue weighted by Crippen LogP contribution is 2.28. The molecule has 2 heterocycles. The van der Waals surface area contributed by atoms with E-state index in [4.69, 9.17) is 4.42 Å². The van der Waals surface area contributed by atoms with E-state index in [0.717, 1.165) is 23.0 Å². The van der Waals surface area contributed by atoms with Gasteiger partial charge in [-0.3, -0.25) is 4.79 Å². The predicted octanol–water partition coefficient (Wildman–Crippen LogP) is 2.02. The van der Waals surface area contributed by atoms with Crippen molar-refractivity contribution in [3.8, 4) is 0 Å². The van der Waals surface area contributed by atoms with Crippen LogP contribution < -0.4 is 5.32 Å². The first-order valence-electron chi connectivity index (χ1n) is 6.19. The molecule has 1 aromatic rings. The van der Waals surface area contributed by atoms with Crippen molar-refractivity contribution in [1.82, 2.24) is 5.32 Å². The molecule has 2 N–H and O–H groups in total. The van der Waals surface area contributed by atoms with Gasteiger partial charge in [-0.05, 0) is 50.3 Å². The molecular weight excluding hydrogens is 250 g/mol. The highest BCUT2D eigenvalue weighted by Gasteiger charge is 2.38. The Labute approximate surface area is 111 Å². The fraction of sp³-hybridized carbons (Fsp3) is 0.615. The monoisotopic (exact) mass is 269 g/mol. The van der Waals surface area contributed by atoms with Crippen molar-refractivity contribution in [3.05, 3.63) is 23.7 Å². The van der Waals surface area contributed by atoms with Gasteiger partial charge >= 0.3 is 0 Å². The highest BCUT2D eigenvalue weighted by atomic mass is 32.2. The van der Waals surface area contributed by atoms with Crippen LogP contribution >= 0.6 is 11.8 Å². The molecule has 2 rings (SSSR count). The van der Waals surface area contributed by atoms with Crippen molar-refractivity contribution >= 4 is 17.7 Å². The standard InChI is InChI=1S/C13H19NO3S/c1-9-3-4-11(17-9)10(2)14-12(15)13(16)5-7-18-8-6-13/h3-4,10,16H,5-8H2,1-2H3,(H,14,15). The van der Waals surface area contributed by atoms with Crippen molar-refractivity contribution in [2.75, 3.05) is 11.5 Å². The summed E-state index contributed by atoms with van der Waals surface area (Å²) in [6, 6.07) is 3.50. The molecule has 0 saturated carbocycles. The summed E-state index contributed by atoms with van der Waals surface area (Å²) in [5, 5.41) is 13.1. The van der Waals surface area contributed by atoms with Crippen LogP contribution in [-0.4, -0.2) is 28.1 Å². The number of carbonyl (C=O) groups is 1. The fourth-order valence-corrected chi connectivity index (χ4v) is 3.19. The van der Waals surface area contributed by atoms with Gasteiger partial charge in [0, 0.05) is 0 Å². The van der Waals surface area contributed by atoms with E-state index in [0.29, 0.717) is 12.8 Å². The summed E-state index contributed by atoms with van der Waals surface area (Å²) >= 11 is 1.77. The van der Waals surface area contributed by atoms with Crippen LogP contribution in [0, 0.1) is 6.92 Å². The van der Waals surface area contributed by atoms with E-state index < -0.39 is 5.60 Å². The van der Waals surface area contributed by atoms with Gasteiger partial charge in [0.05, 0.1) is 6.04 Å². The number of nitrogens with one attached hydrogen (secondary N) is 1. The van der Waals surface area contributed by atoms with E-state index in [-0.39, 0.29) is 11.9 Å². The molecule has 0 radical (unpaired) electrons. The van der Waals surface area contributed by atoms with Crippen molar-refractivity contribution in [2.45, 2.75) is 38.3 Å². The minimum atomic E-state index is -1.21. The van der Waals surface area contributed by atoms with Crippen molar-refractivity contribution < 1.29 is 14.3 Å². The second-order valence-corrected chi connectivity index (χ2v) is 6.01. The van der Waals surface area contributed by atoms with E-state index in [9.17, 15) is 9.90 Å². The van der Waals surface area contributed by atoms with Crippen LogP contribution in [0.2, 0.25) is 0 Å². The molecule has 1 amide bonds. The third-order valence-electron chi connectivity index (χ3n) is 3.28. The molecule has 1 atom stereocenters. The van der Waals surface area contributed by atoms with Crippen molar-refractivity contribution in [2.24, 2.45) is 0 Å². The zero-order valence-corrected chi connectivity index (χ0v) is 11.5. The quantitative estimate of drug-likeness (QED) is 0.881. The van der Waals surface area contributed by atoms with E-state index in [1.54, 1.807) is 11.8 Å². The summed E-state index contributed by atoms with van der Waals surface area (Å²) in [5.41, 5.74) is -1.21. The second-order valence-electron chi connectivity index (χ2n) is 4.79. The Hall–Kier alpha value is -0.940. The van der Waals surface area contributed by atoms with Crippen LogP contribution in [0.1, 0.15) is 37.3 Å². The number of hydrogen-bond donors (Lipinski definition) is 2. The molecule has 0 aromatic carbocycles. The maximum atomic E-state index is 12.1. The van der Waals surface area contributed by atoms with Gasteiger partial charge in [-0.1, -0.05) is 0 Å². The molecule has 1 saturated heterocycles. The molecule has 1 unspecified atom stereocenters. The second kappa shape index (κ2) is 5.36. The molecule has 1 aliphatic rings. The van der Waals surface area contributed by atoms with Crippen LogP contribution in [0.3, 0.4) is 0 Å². The summed E-state index contributed by atoms with van der Waals surface area (Å²) in [4.78, 5) is 12.1. The summed E-state index contributed by atoms with van der Waals surface area (Å²) in [6.45, 7) is 3.72. The van der Waals surface area contributed by atoms with Crippen LogP contribution in [0.5, 0.6) is 0 Å². The third-order valence-corrected chi connectivity index (χ3v) is 4.26. The molecule has 1 aromatic heterocycles. The number of thioether (sulfide) groups is 1. The van der Waals surface area contributed by atoms with Crippen LogP contribution in [-0.2, 0) is 4.79 Å². The largest absolute Gasteiger partial charge is 0.464 e. The van der Waals surface area contributed by atoms with E-state index >= 15 is 0 Å². The highest BCUT2D eigenvalue weighted by molar-refractivity contribution is 7.99. The van der Waals surface area contributed by atoms with Gasteiger partial charge in [0.1, 0.15) is 17.1 Å². The van der Waals surface area contributed by atoms with Crippen LogP contribution in [0.4, 0.5) is 0 Å². The lowest BCUT2D eigenvalue weighted by Crippen LogP contribution is -2.49. The molecule has 1 aliphatic heterocycles. The Morgan fingerprint density at radius 1 is 1.50 bits per heavy atom.